The Hall–Kier alpha value is -1.94. The Kier molecular flexibility index (Phi) is 4.93. The number of alkyl halides is 3. The van der Waals surface area contributed by atoms with Crippen LogP contribution in [0.3, 0.4) is 0 Å². The third-order valence-corrected chi connectivity index (χ3v) is 3.30. The average Bonchev–Trinajstić information content (AvgIpc) is 2.34. The zero-order valence-corrected chi connectivity index (χ0v) is 13.7. The second kappa shape index (κ2) is 5.93. The number of aliphatic carboxylic acids is 1. The van der Waals surface area contributed by atoms with Crippen molar-refractivity contribution in [2.24, 2.45) is 0 Å². The first kappa shape index (κ1) is 19.1. The molecule has 0 bridgehead atoms. The Morgan fingerprint density at radius 2 is 1.78 bits per heavy atom. The highest BCUT2D eigenvalue weighted by Crippen LogP contribution is 2.38. The van der Waals surface area contributed by atoms with Crippen molar-refractivity contribution in [1.29, 1.82) is 0 Å². The molecule has 7 heteroatoms. The van der Waals surface area contributed by atoms with Gasteiger partial charge in [0.2, 0.25) is 0 Å². The highest BCUT2D eigenvalue weighted by Gasteiger charge is 2.48. The first-order valence-corrected chi connectivity index (χ1v) is 6.98. The van der Waals surface area contributed by atoms with Crippen LogP contribution in [0.15, 0.2) is 23.4 Å². The number of terminal acetylenes is 1. The SMILES string of the molecule is C#CC(C)(C)N1C(C(F)(F)F)=CC=C(C(=O)O)C1NC(C)(C)C. The van der Waals surface area contributed by atoms with Crippen molar-refractivity contribution >= 4 is 5.97 Å². The van der Waals surface area contributed by atoms with Gasteiger partial charge in [-0.1, -0.05) is 5.92 Å². The second-order valence-electron chi connectivity index (χ2n) is 6.85. The number of nitrogens with zero attached hydrogens (tertiary/aromatic N) is 1. The molecule has 0 radical (unpaired) electrons. The Balaban J connectivity index is 3.57. The van der Waals surface area contributed by atoms with Crippen LogP contribution in [0.4, 0.5) is 13.2 Å². The molecule has 0 amide bonds. The molecule has 1 atom stereocenters. The van der Waals surface area contributed by atoms with Gasteiger partial charge in [-0.25, -0.2) is 4.79 Å². The number of hydrogen-bond donors (Lipinski definition) is 2. The molecule has 0 aromatic heterocycles. The molecule has 128 valence electrons. The normalized spacial score (nSPS) is 19.8. The largest absolute Gasteiger partial charge is 0.478 e. The maximum Gasteiger partial charge on any atom is 0.431 e. The van der Waals surface area contributed by atoms with E-state index in [0.29, 0.717) is 0 Å². The molecule has 23 heavy (non-hydrogen) atoms. The van der Waals surface area contributed by atoms with Gasteiger partial charge in [0.1, 0.15) is 11.9 Å². The summed E-state index contributed by atoms with van der Waals surface area (Å²) in [4.78, 5) is 12.4. The number of rotatable bonds is 3. The molecular weight excluding hydrogens is 309 g/mol. The van der Waals surface area contributed by atoms with E-state index in [-0.39, 0.29) is 5.57 Å². The van der Waals surface area contributed by atoms with E-state index in [1.54, 1.807) is 20.8 Å². The first-order valence-electron chi connectivity index (χ1n) is 6.98. The van der Waals surface area contributed by atoms with Crippen LogP contribution in [-0.2, 0) is 4.79 Å². The predicted octanol–water partition coefficient (Wildman–Crippen LogP) is 2.89. The minimum atomic E-state index is -4.66. The van der Waals surface area contributed by atoms with Crippen molar-refractivity contribution in [3.63, 3.8) is 0 Å². The van der Waals surface area contributed by atoms with Crippen LogP contribution in [0.1, 0.15) is 34.6 Å². The third kappa shape index (κ3) is 4.29. The summed E-state index contributed by atoms with van der Waals surface area (Å²) < 4.78 is 40.2. The number of nitrogens with one attached hydrogen (secondary N) is 1. The molecule has 0 spiro atoms. The van der Waals surface area contributed by atoms with E-state index >= 15 is 0 Å². The van der Waals surface area contributed by atoms with Gasteiger partial charge < -0.3 is 10.0 Å². The van der Waals surface area contributed by atoms with Gasteiger partial charge in [-0.15, -0.1) is 6.42 Å². The van der Waals surface area contributed by atoms with Gasteiger partial charge >= 0.3 is 12.1 Å². The summed E-state index contributed by atoms with van der Waals surface area (Å²) in [5, 5.41) is 12.3. The molecule has 2 N–H and O–H groups in total. The van der Waals surface area contributed by atoms with Gasteiger partial charge in [-0.2, -0.15) is 13.2 Å². The van der Waals surface area contributed by atoms with Crippen LogP contribution < -0.4 is 5.32 Å². The molecule has 0 saturated heterocycles. The van der Waals surface area contributed by atoms with Crippen LogP contribution >= 0.6 is 0 Å². The van der Waals surface area contributed by atoms with E-state index in [0.717, 1.165) is 17.1 Å². The third-order valence-electron chi connectivity index (χ3n) is 3.30. The summed E-state index contributed by atoms with van der Waals surface area (Å²) in [6.45, 7) is 8.08. The summed E-state index contributed by atoms with van der Waals surface area (Å²) in [7, 11) is 0. The molecule has 0 aliphatic carbocycles. The number of hydrogen-bond acceptors (Lipinski definition) is 3. The van der Waals surface area contributed by atoms with Gasteiger partial charge in [-0.05, 0) is 46.8 Å². The van der Waals surface area contributed by atoms with Crippen molar-refractivity contribution in [2.45, 2.75) is 58.0 Å². The summed E-state index contributed by atoms with van der Waals surface area (Å²) in [6.07, 6.45) is 1.26. The average molecular weight is 330 g/mol. The van der Waals surface area contributed by atoms with Crippen LogP contribution in [0.2, 0.25) is 0 Å². The topological polar surface area (TPSA) is 52.6 Å². The quantitative estimate of drug-likeness (QED) is 0.782. The molecule has 0 saturated carbocycles. The van der Waals surface area contributed by atoms with Crippen molar-refractivity contribution in [1.82, 2.24) is 10.2 Å². The predicted molar refractivity (Wildman–Crippen MR) is 81.3 cm³/mol. The Labute approximate surface area is 134 Å². The van der Waals surface area contributed by atoms with Gasteiger partial charge in [0.15, 0.2) is 0 Å². The van der Waals surface area contributed by atoms with E-state index in [2.05, 4.69) is 11.2 Å². The lowest BCUT2D eigenvalue weighted by Gasteiger charge is -2.48. The molecule has 1 rings (SSSR count). The van der Waals surface area contributed by atoms with Gasteiger partial charge in [0.25, 0.3) is 0 Å². The highest BCUT2D eigenvalue weighted by atomic mass is 19.4. The molecular formula is C16H21F3N2O2. The minimum Gasteiger partial charge on any atom is -0.478 e. The Morgan fingerprint density at radius 1 is 1.26 bits per heavy atom. The van der Waals surface area contributed by atoms with Crippen molar-refractivity contribution in [3.8, 4) is 12.3 Å². The van der Waals surface area contributed by atoms with Crippen molar-refractivity contribution in [3.05, 3.63) is 23.4 Å². The van der Waals surface area contributed by atoms with Gasteiger partial charge in [0.05, 0.1) is 11.1 Å². The fourth-order valence-corrected chi connectivity index (χ4v) is 2.28. The summed E-state index contributed by atoms with van der Waals surface area (Å²) in [5.41, 5.74) is -3.15. The van der Waals surface area contributed by atoms with E-state index in [4.69, 9.17) is 6.42 Å². The van der Waals surface area contributed by atoms with E-state index < -0.39 is 35.1 Å². The fourth-order valence-electron chi connectivity index (χ4n) is 2.28. The van der Waals surface area contributed by atoms with Gasteiger partial charge in [-0.3, -0.25) is 5.32 Å². The van der Waals surface area contributed by atoms with Crippen LogP contribution in [0.25, 0.3) is 0 Å². The zero-order valence-electron chi connectivity index (χ0n) is 13.7. The number of carbonyl (C=O) groups is 1. The van der Waals surface area contributed by atoms with Crippen LogP contribution in [0, 0.1) is 12.3 Å². The Bertz CT molecular complexity index is 590. The smallest absolute Gasteiger partial charge is 0.431 e. The lowest BCUT2D eigenvalue weighted by Crippen LogP contribution is -2.62. The lowest BCUT2D eigenvalue weighted by molar-refractivity contribution is -0.137. The molecule has 0 aromatic rings. The van der Waals surface area contributed by atoms with Crippen LogP contribution in [0.5, 0.6) is 0 Å². The second-order valence-corrected chi connectivity index (χ2v) is 6.85. The van der Waals surface area contributed by atoms with Crippen molar-refractivity contribution < 1.29 is 23.1 Å². The number of halogens is 3. The molecule has 1 aliphatic rings. The molecule has 0 fully saturated rings. The van der Waals surface area contributed by atoms with E-state index in [1.807, 2.05) is 0 Å². The first-order chi connectivity index (χ1) is 10.2. The maximum absolute atomic E-state index is 13.4. The fraction of sp³-hybridized carbons (Fsp3) is 0.562. The lowest BCUT2D eigenvalue weighted by atomic mass is 9.94. The summed E-state index contributed by atoms with van der Waals surface area (Å²) in [5.74, 6) is 1.01. The molecule has 1 aliphatic heterocycles. The maximum atomic E-state index is 13.4. The monoisotopic (exact) mass is 330 g/mol. The molecule has 0 aromatic carbocycles. The number of carboxylic acid groups (broad SMARTS) is 1. The zero-order chi connectivity index (χ0) is 18.2. The van der Waals surface area contributed by atoms with E-state index in [1.165, 1.54) is 13.8 Å². The summed E-state index contributed by atoms with van der Waals surface area (Å²) in [6, 6.07) is 0. The number of carboxylic acids is 1. The summed E-state index contributed by atoms with van der Waals surface area (Å²) >= 11 is 0. The minimum absolute atomic E-state index is 0.198. The van der Waals surface area contributed by atoms with Gasteiger partial charge in [0, 0.05) is 5.54 Å². The molecule has 4 nitrogen and oxygen atoms in total. The Morgan fingerprint density at radius 3 is 2.13 bits per heavy atom. The standard InChI is InChI=1S/C16H21F3N2O2/c1-7-15(5,6)21-11(16(17,18)19)9-8-10(13(22)23)12(21)20-14(2,3)4/h1,8-9,12,20H,2-6H3,(H,22,23). The van der Waals surface area contributed by atoms with E-state index in [9.17, 15) is 23.1 Å². The highest BCUT2D eigenvalue weighted by molar-refractivity contribution is 5.89. The molecule has 1 unspecified atom stereocenters. The number of allylic oxidation sites excluding steroid dienone is 3. The van der Waals surface area contributed by atoms with Crippen LogP contribution in [-0.4, -0.2) is 39.4 Å². The molecule has 1 heterocycles. The van der Waals surface area contributed by atoms with Crippen molar-refractivity contribution in [2.75, 3.05) is 0 Å².